The number of anilines is 2. The van der Waals surface area contributed by atoms with Crippen LogP contribution in [-0.2, 0) is 21.1 Å². The number of carbonyl (C=O) groups excluding carboxylic acids is 1. The first-order valence-electron chi connectivity index (χ1n) is 9.28. The SMILES string of the molecule is CS(=O)(=O)c1ccccc1N(CC1CCCC1)C(=O)Nc1nc(CC(=O)O)cs1. The molecule has 156 valence electrons. The van der Waals surface area contributed by atoms with E-state index in [0.717, 1.165) is 43.3 Å². The molecule has 3 rings (SSSR count). The number of rotatable bonds is 7. The van der Waals surface area contributed by atoms with Gasteiger partial charge in [-0.2, -0.15) is 0 Å². The van der Waals surface area contributed by atoms with Gasteiger partial charge in [-0.1, -0.05) is 25.0 Å². The Bertz CT molecular complexity index is 997. The lowest BCUT2D eigenvalue weighted by atomic mass is 10.1. The summed E-state index contributed by atoms with van der Waals surface area (Å²) in [5, 5.41) is 13.4. The summed E-state index contributed by atoms with van der Waals surface area (Å²) in [7, 11) is -3.53. The lowest BCUT2D eigenvalue weighted by Crippen LogP contribution is -2.39. The van der Waals surface area contributed by atoms with Crippen LogP contribution in [0.2, 0.25) is 0 Å². The van der Waals surface area contributed by atoms with Gasteiger partial charge in [-0.25, -0.2) is 18.2 Å². The van der Waals surface area contributed by atoms with Gasteiger partial charge in [0.25, 0.3) is 0 Å². The summed E-state index contributed by atoms with van der Waals surface area (Å²) in [6.07, 6.45) is 5.07. The van der Waals surface area contributed by atoms with Crippen LogP contribution in [-0.4, -0.2) is 43.3 Å². The summed E-state index contributed by atoms with van der Waals surface area (Å²) in [5.74, 6) is -0.703. The minimum atomic E-state index is -3.53. The first-order chi connectivity index (χ1) is 13.7. The molecule has 10 heteroatoms. The number of aromatic nitrogens is 1. The Morgan fingerprint density at radius 1 is 1.28 bits per heavy atom. The van der Waals surface area contributed by atoms with Crippen LogP contribution in [0.15, 0.2) is 34.5 Å². The van der Waals surface area contributed by atoms with Gasteiger partial charge in [-0.15, -0.1) is 11.3 Å². The highest BCUT2D eigenvalue weighted by Crippen LogP contribution is 2.31. The van der Waals surface area contributed by atoms with Crippen LogP contribution in [0.25, 0.3) is 0 Å². The van der Waals surface area contributed by atoms with Gasteiger partial charge in [0.1, 0.15) is 0 Å². The van der Waals surface area contributed by atoms with E-state index in [1.807, 2.05) is 0 Å². The second kappa shape index (κ2) is 8.91. The molecular formula is C19H23N3O5S2. The number of sulfone groups is 1. The number of carboxylic acid groups (broad SMARTS) is 1. The Labute approximate surface area is 173 Å². The number of para-hydroxylation sites is 1. The number of urea groups is 1. The monoisotopic (exact) mass is 437 g/mol. The van der Waals surface area contributed by atoms with Crippen molar-refractivity contribution in [3.63, 3.8) is 0 Å². The van der Waals surface area contributed by atoms with Gasteiger partial charge >= 0.3 is 12.0 Å². The molecule has 0 atom stereocenters. The van der Waals surface area contributed by atoms with Gasteiger partial charge in [0, 0.05) is 18.2 Å². The van der Waals surface area contributed by atoms with E-state index in [4.69, 9.17) is 5.11 Å². The third-order valence-corrected chi connectivity index (χ3v) is 6.76. The molecule has 1 aromatic carbocycles. The normalized spacial score (nSPS) is 14.7. The molecule has 0 unspecified atom stereocenters. The molecule has 0 saturated heterocycles. The topological polar surface area (TPSA) is 117 Å². The molecule has 1 aliphatic carbocycles. The molecule has 2 aromatic rings. The molecule has 1 heterocycles. The van der Waals surface area contributed by atoms with Gasteiger partial charge in [0.05, 0.1) is 22.7 Å². The van der Waals surface area contributed by atoms with Crippen molar-refractivity contribution in [3.05, 3.63) is 35.3 Å². The Hall–Kier alpha value is -2.46. The Kier molecular flexibility index (Phi) is 6.53. The van der Waals surface area contributed by atoms with E-state index in [9.17, 15) is 18.0 Å². The summed E-state index contributed by atoms with van der Waals surface area (Å²) < 4.78 is 24.5. The summed E-state index contributed by atoms with van der Waals surface area (Å²) in [6.45, 7) is 0.408. The van der Waals surface area contributed by atoms with E-state index in [-0.39, 0.29) is 16.4 Å². The summed E-state index contributed by atoms with van der Waals surface area (Å²) >= 11 is 1.13. The van der Waals surface area contributed by atoms with Crippen LogP contribution >= 0.6 is 11.3 Å². The number of hydrogen-bond donors (Lipinski definition) is 2. The summed E-state index contributed by atoms with van der Waals surface area (Å²) in [5.41, 5.74) is 0.693. The highest BCUT2D eigenvalue weighted by Gasteiger charge is 2.27. The predicted octanol–water partition coefficient (Wildman–Crippen LogP) is 3.40. The van der Waals surface area contributed by atoms with Gasteiger partial charge < -0.3 is 5.11 Å². The van der Waals surface area contributed by atoms with E-state index in [1.165, 1.54) is 11.0 Å². The largest absolute Gasteiger partial charge is 0.481 e. The Morgan fingerprint density at radius 2 is 1.97 bits per heavy atom. The summed E-state index contributed by atoms with van der Waals surface area (Å²) in [4.78, 5) is 29.6. The van der Waals surface area contributed by atoms with Crippen molar-refractivity contribution in [1.82, 2.24) is 4.98 Å². The van der Waals surface area contributed by atoms with Crippen LogP contribution in [0.3, 0.4) is 0 Å². The molecule has 0 spiro atoms. The fourth-order valence-electron chi connectivity index (χ4n) is 3.49. The minimum absolute atomic E-state index is 0.0962. The van der Waals surface area contributed by atoms with Crippen molar-refractivity contribution < 1.29 is 23.1 Å². The highest BCUT2D eigenvalue weighted by molar-refractivity contribution is 7.90. The number of benzene rings is 1. The number of carbonyl (C=O) groups is 2. The van der Waals surface area contributed by atoms with E-state index in [0.29, 0.717) is 23.8 Å². The lowest BCUT2D eigenvalue weighted by Gasteiger charge is -2.27. The fourth-order valence-corrected chi connectivity index (χ4v) is 5.08. The molecule has 0 bridgehead atoms. The molecule has 8 nitrogen and oxygen atoms in total. The van der Waals surface area contributed by atoms with Crippen molar-refractivity contribution in [2.75, 3.05) is 23.0 Å². The number of hydrogen-bond acceptors (Lipinski definition) is 6. The molecule has 1 saturated carbocycles. The maximum atomic E-state index is 13.1. The van der Waals surface area contributed by atoms with Crippen molar-refractivity contribution in [2.45, 2.75) is 37.0 Å². The first kappa shape index (κ1) is 21.3. The molecule has 1 aromatic heterocycles. The number of nitrogens with zero attached hydrogens (tertiary/aromatic N) is 2. The number of aliphatic carboxylic acids is 1. The molecule has 2 N–H and O–H groups in total. The zero-order chi connectivity index (χ0) is 21.0. The van der Waals surface area contributed by atoms with E-state index >= 15 is 0 Å². The van der Waals surface area contributed by atoms with Crippen LogP contribution in [0.1, 0.15) is 31.4 Å². The zero-order valence-corrected chi connectivity index (χ0v) is 17.6. The van der Waals surface area contributed by atoms with Crippen molar-refractivity contribution in [1.29, 1.82) is 0 Å². The van der Waals surface area contributed by atoms with Gasteiger partial charge in [0.15, 0.2) is 15.0 Å². The third-order valence-electron chi connectivity index (χ3n) is 4.81. The van der Waals surface area contributed by atoms with Gasteiger partial charge in [0.2, 0.25) is 0 Å². The molecule has 0 radical (unpaired) electrons. The van der Waals surface area contributed by atoms with Gasteiger partial charge in [-0.05, 0) is 30.9 Å². The number of nitrogens with one attached hydrogen (secondary N) is 1. The molecular weight excluding hydrogens is 414 g/mol. The molecule has 29 heavy (non-hydrogen) atoms. The second-order valence-corrected chi connectivity index (χ2v) is 9.99. The van der Waals surface area contributed by atoms with E-state index < -0.39 is 21.8 Å². The Morgan fingerprint density at radius 3 is 2.62 bits per heavy atom. The fraction of sp³-hybridized carbons (Fsp3) is 0.421. The van der Waals surface area contributed by atoms with Crippen LogP contribution in [0, 0.1) is 5.92 Å². The molecule has 1 aliphatic rings. The van der Waals surface area contributed by atoms with Crippen molar-refractivity contribution in [3.8, 4) is 0 Å². The highest BCUT2D eigenvalue weighted by atomic mass is 32.2. The number of carboxylic acids is 1. The average molecular weight is 438 g/mol. The molecule has 1 fully saturated rings. The Balaban J connectivity index is 1.88. The quantitative estimate of drug-likeness (QED) is 0.686. The second-order valence-electron chi connectivity index (χ2n) is 7.15. The third kappa shape index (κ3) is 5.54. The van der Waals surface area contributed by atoms with Crippen molar-refractivity contribution in [2.24, 2.45) is 5.92 Å². The maximum absolute atomic E-state index is 13.1. The predicted molar refractivity (Wildman–Crippen MR) is 111 cm³/mol. The van der Waals surface area contributed by atoms with Crippen molar-refractivity contribution >= 4 is 44.0 Å². The zero-order valence-electron chi connectivity index (χ0n) is 16.0. The van der Waals surface area contributed by atoms with Crippen LogP contribution < -0.4 is 10.2 Å². The minimum Gasteiger partial charge on any atom is -0.481 e. The smallest absolute Gasteiger partial charge is 0.328 e. The number of amides is 2. The first-order valence-corrected chi connectivity index (χ1v) is 12.0. The van der Waals surface area contributed by atoms with E-state index in [2.05, 4.69) is 10.3 Å². The molecule has 2 amide bonds. The molecule has 0 aliphatic heterocycles. The number of thiazole rings is 1. The van der Waals surface area contributed by atoms with E-state index in [1.54, 1.807) is 23.6 Å². The lowest BCUT2D eigenvalue weighted by molar-refractivity contribution is -0.136. The maximum Gasteiger partial charge on any atom is 0.328 e. The average Bonchev–Trinajstić information content (AvgIpc) is 3.30. The summed E-state index contributed by atoms with van der Waals surface area (Å²) in [6, 6.07) is 5.97. The standard InChI is InChI=1S/C19H23N3O5S2/c1-29(26,27)16-9-5-4-8-15(16)22(11-13-6-2-3-7-13)19(25)21-18-20-14(12-28-18)10-17(23)24/h4-5,8-9,12-13H,2-3,6-7,10-11H2,1H3,(H,23,24)(H,20,21,25). The van der Waals surface area contributed by atoms with Crippen LogP contribution in [0.5, 0.6) is 0 Å². The van der Waals surface area contributed by atoms with Crippen LogP contribution in [0.4, 0.5) is 15.6 Å². The van der Waals surface area contributed by atoms with Gasteiger partial charge in [-0.3, -0.25) is 15.0 Å².